The average Bonchev–Trinajstić information content (AvgIpc) is 3.68. The second kappa shape index (κ2) is 10.7. The standard InChI is InChI=1S/C27H26FN9O2S2/c1-3-20-24(35(4-2)27-33-23(22(14-29)40-27)17-6-8-19(28)9-7-17)25-32-21(10-12-36(25)34-20)18-15-30-26(31-16-18)37-11-5-13-41(37,38)39/h6-10,12,15-16,38-39H,3-5,11,13H2,1-2H3. The van der Waals surface area contributed by atoms with Crippen molar-refractivity contribution in [2.45, 2.75) is 26.7 Å². The van der Waals surface area contributed by atoms with Crippen LogP contribution in [0.15, 0.2) is 48.9 Å². The molecule has 0 atom stereocenters. The number of nitriles is 1. The number of aryl methyl sites for hydroxylation is 1. The summed E-state index contributed by atoms with van der Waals surface area (Å²) in [5, 5.41) is 15.2. The molecule has 1 aliphatic heterocycles. The third kappa shape index (κ3) is 4.87. The zero-order valence-corrected chi connectivity index (χ0v) is 23.9. The second-order valence-corrected chi connectivity index (χ2v) is 12.4. The van der Waals surface area contributed by atoms with E-state index in [9.17, 15) is 18.8 Å². The number of hydrogen-bond acceptors (Lipinski definition) is 11. The van der Waals surface area contributed by atoms with Crippen LogP contribution in [0.1, 0.15) is 30.8 Å². The number of thiazole rings is 1. The van der Waals surface area contributed by atoms with E-state index in [1.807, 2.05) is 31.0 Å². The molecule has 0 bridgehead atoms. The molecule has 5 heterocycles. The fourth-order valence-corrected chi connectivity index (χ4v) is 7.27. The number of nitrogens with zero attached hydrogens (tertiary/aromatic N) is 9. The van der Waals surface area contributed by atoms with Crippen molar-refractivity contribution in [2.24, 2.45) is 0 Å². The van der Waals surface area contributed by atoms with E-state index in [-0.39, 0.29) is 11.8 Å². The largest absolute Gasteiger partial charge is 0.313 e. The van der Waals surface area contributed by atoms with E-state index in [0.29, 0.717) is 69.9 Å². The lowest BCUT2D eigenvalue weighted by molar-refractivity contribution is 0.491. The maximum absolute atomic E-state index is 13.5. The summed E-state index contributed by atoms with van der Waals surface area (Å²) in [4.78, 5) is 20.9. The third-order valence-electron chi connectivity index (χ3n) is 6.81. The van der Waals surface area contributed by atoms with E-state index < -0.39 is 10.8 Å². The van der Waals surface area contributed by atoms with Gasteiger partial charge in [-0.1, -0.05) is 18.3 Å². The molecular formula is C27H26FN9O2S2. The Kier molecular flexibility index (Phi) is 7.04. The molecular weight excluding hydrogens is 565 g/mol. The van der Waals surface area contributed by atoms with E-state index in [1.54, 1.807) is 29.0 Å². The van der Waals surface area contributed by atoms with Crippen LogP contribution >= 0.6 is 22.1 Å². The molecule has 0 spiro atoms. The maximum Gasteiger partial charge on any atom is 0.243 e. The van der Waals surface area contributed by atoms with Gasteiger partial charge >= 0.3 is 0 Å². The number of benzene rings is 1. The lowest BCUT2D eigenvalue weighted by Gasteiger charge is -2.36. The van der Waals surface area contributed by atoms with Gasteiger partial charge in [0.15, 0.2) is 10.8 Å². The first-order valence-electron chi connectivity index (χ1n) is 13.0. The van der Waals surface area contributed by atoms with Gasteiger partial charge in [0.25, 0.3) is 0 Å². The van der Waals surface area contributed by atoms with Crippen LogP contribution in [0.3, 0.4) is 0 Å². The molecule has 1 saturated heterocycles. The number of hydrogen-bond donors (Lipinski definition) is 2. The molecule has 6 rings (SSSR count). The fraction of sp³-hybridized carbons (Fsp3) is 0.259. The van der Waals surface area contributed by atoms with Crippen LogP contribution in [0.2, 0.25) is 0 Å². The summed E-state index contributed by atoms with van der Waals surface area (Å²) >= 11 is 1.26. The number of anilines is 3. The van der Waals surface area contributed by atoms with Crippen molar-refractivity contribution in [1.29, 1.82) is 5.26 Å². The van der Waals surface area contributed by atoms with Crippen molar-refractivity contribution in [1.82, 2.24) is 29.5 Å². The molecule has 210 valence electrons. The van der Waals surface area contributed by atoms with Crippen molar-refractivity contribution in [2.75, 3.05) is 28.0 Å². The van der Waals surface area contributed by atoms with Gasteiger partial charge < -0.3 is 4.90 Å². The molecule has 1 aliphatic rings. The highest BCUT2D eigenvalue weighted by Gasteiger charge is 2.31. The first-order valence-corrected chi connectivity index (χ1v) is 15.5. The molecule has 41 heavy (non-hydrogen) atoms. The Balaban J connectivity index is 1.40. The van der Waals surface area contributed by atoms with Gasteiger partial charge in [-0.3, -0.25) is 9.11 Å². The topological polar surface area (TPSA) is 140 Å². The summed E-state index contributed by atoms with van der Waals surface area (Å²) in [6.07, 6.45) is 6.39. The predicted molar refractivity (Wildman–Crippen MR) is 158 cm³/mol. The second-order valence-electron chi connectivity index (χ2n) is 9.33. The van der Waals surface area contributed by atoms with Crippen molar-refractivity contribution in [3.05, 3.63) is 65.3 Å². The van der Waals surface area contributed by atoms with Crippen molar-refractivity contribution in [3.63, 3.8) is 0 Å². The average molecular weight is 592 g/mol. The Morgan fingerprint density at radius 2 is 1.85 bits per heavy atom. The Morgan fingerprint density at radius 3 is 2.49 bits per heavy atom. The van der Waals surface area contributed by atoms with E-state index >= 15 is 0 Å². The van der Waals surface area contributed by atoms with Crippen LogP contribution in [-0.4, -0.2) is 57.5 Å². The minimum Gasteiger partial charge on any atom is -0.313 e. The maximum atomic E-state index is 13.5. The number of rotatable bonds is 7. The molecule has 1 fully saturated rings. The molecule has 0 radical (unpaired) electrons. The van der Waals surface area contributed by atoms with Gasteiger partial charge in [0, 0.05) is 42.8 Å². The van der Waals surface area contributed by atoms with Gasteiger partial charge in [0.1, 0.15) is 28.1 Å². The zero-order valence-electron chi connectivity index (χ0n) is 22.3. The van der Waals surface area contributed by atoms with E-state index in [0.717, 1.165) is 11.4 Å². The lowest BCUT2D eigenvalue weighted by Crippen LogP contribution is -2.23. The van der Waals surface area contributed by atoms with Crippen molar-refractivity contribution < 1.29 is 13.5 Å². The van der Waals surface area contributed by atoms with Gasteiger partial charge in [-0.15, -0.1) is 10.8 Å². The molecule has 1 aromatic carbocycles. The highest BCUT2D eigenvalue weighted by atomic mass is 32.3. The number of aromatic nitrogens is 6. The van der Waals surface area contributed by atoms with Gasteiger partial charge in [0.05, 0.1) is 17.1 Å². The highest BCUT2D eigenvalue weighted by Crippen LogP contribution is 2.49. The molecule has 0 amide bonds. The summed E-state index contributed by atoms with van der Waals surface area (Å²) in [7, 11) is -2.88. The van der Waals surface area contributed by atoms with E-state index in [2.05, 4.69) is 16.0 Å². The van der Waals surface area contributed by atoms with Gasteiger partial charge in [-0.2, -0.15) is 10.4 Å². The molecule has 5 aromatic rings. The van der Waals surface area contributed by atoms with E-state index in [1.165, 1.54) is 27.8 Å². The number of fused-ring (bicyclic) bond motifs is 1. The lowest BCUT2D eigenvalue weighted by atomic mass is 10.1. The third-order valence-corrected chi connectivity index (χ3v) is 9.68. The molecule has 4 aromatic heterocycles. The summed E-state index contributed by atoms with van der Waals surface area (Å²) in [5.41, 5.74) is 4.66. The highest BCUT2D eigenvalue weighted by molar-refractivity contribution is 8.25. The summed E-state index contributed by atoms with van der Waals surface area (Å²) in [6, 6.07) is 9.99. The Hall–Kier alpha value is -4.16. The van der Waals surface area contributed by atoms with Gasteiger partial charge in [0.2, 0.25) is 5.95 Å². The molecule has 11 nitrogen and oxygen atoms in total. The summed E-state index contributed by atoms with van der Waals surface area (Å²) in [6.45, 7) is 5.04. The Bertz CT molecular complexity index is 1760. The monoisotopic (exact) mass is 591 g/mol. The summed E-state index contributed by atoms with van der Waals surface area (Å²) < 4.78 is 37.2. The van der Waals surface area contributed by atoms with Crippen LogP contribution in [-0.2, 0) is 6.42 Å². The van der Waals surface area contributed by atoms with Crippen molar-refractivity contribution >= 4 is 44.5 Å². The molecule has 0 unspecified atom stereocenters. The minimum atomic E-state index is -2.88. The molecule has 0 aliphatic carbocycles. The Labute approximate surface area is 241 Å². The predicted octanol–water partition coefficient (Wildman–Crippen LogP) is 5.92. The van der Waals surface area contributed by atoms with Crippen LogP contribution in [0.5, 0.6) is 0 Å². The fourth-order valence-electron chi connectivity index (χ4n) is 4.80. The normalized spacial score (nSPS) is 15.3. The smallest absolute Gasteiger partial charge is 0.243 e. The summed E-state index contributed by atoms with van der Waals surface area (Å²) in [5.74, 6) is 0.233. The number of halogens is 1. The van der Waals surface area contributed by atoms with E-state index in [4.69, 9.17) is 15.1 Å². The van der Waals surface area contributed by atoms with Crippen LogP contribution in [0.25, 0.3) is 28.2 Å². The minimum absolute atomic E-state index is 0.275. The Morgan fingerprint density at radius 1 is 1.10 bits per heavy atom. The van der Waals surface area contributed by atoms with Crippen LogP contribution in [0, 0.1) is 17.1 Å². The first kappa shape index (κ1) is 27.0. The van der Waals surface area contributed by atoms with Crippen LogP contribution in [0.4, 0.5) is 21.2 Å². The van der Waals surface area contributed by atoms with Gasteiger partial charge in [-0.25, -0.2) is 33.1 Å². The molecule has 14 heteroatoms. The van der Waals surface area contributed by atoms with Crippen LogP contribution < -0.4 is 9.21 Å². The molecule has 2 N–H and O–H groups in total. The SMILES string of the molecule is CCc1nn2ccc(-c3cnc(N4CCCS4(O)O)nc3)nc2c1N(CC)c1nc(-c2ccc(F)cc2)c(C#N)s1. The quantitative estimate of drug-likeness (QED) is 0.234. The van der Waals surface area contributed by atoms with Gasteiger partial charge in [-0.05, 0) is 50.1 Å². The zero-order chi connectivity index (χ0) is 28.7. The van der Waals surface area contributed by atoms with Crippen molar-refractivity contribution in [3.8, 4) is 28.6 Å². The first-order chi connectivity index (χ1) is 19.8. The molecule has 0 saturated carbocycles.